The maximum absolute atomic E-state index is 13.3. The number of amides is 1. The van der Waals surface area contributed by atoms with E-state index in [0.29, 0.717) is 10.6 Å². The van der Waals surface area contributed by atoms with Crippen LogP contribution in [0.3, 0.4) is 0 Å². The van der Waals surface area contributed by atoms with E-state index >= 15 is 0 Å². The third-order valence-corrected chi connectivity index (χ3v) is 8.05. The lowest BCUT2D eigenvalue weighted by molar-refractivity contribution is -0.116. The fourth-order valence-corrected chi connectivity index (χ4v) is 5.24. The molecule has 0 radical (unpaired) electrons. The number of carbonyl (C=O) groups excluding carboxylic acids is 1. The van der Waals surface area contributed by atoms with Gasteiger partial charge in [0.2, 0.25) is 15.9 Å². The van der Waals surface area contributed by atoms with E-state index in [2.05, 4.69) is 21.2 Å². The average molecular weight is 597 g/mol. The first-order valence-electron chi connectivity index (χ1n) is 9.01. The summed E-state index contributed by atoms with van der Waals surface area (Å²) >= 11 is 27.5. The minimum atomic E-state index is -4.04. The molecule has 0 saturated carbocycles. The van der Waals surface area contributed by atoms with Crippen molar-refractivity contribution in [3.8, 4) is 0 Å². The van der Waals surface area contributed by atoms with Crippen LogP contribution in [0.4, 0.5) is 5.69 Å². The Morgan fingerprint density at radius 1 is 0.875 bits per heavy atom. The average Bonchev–Trinajstić information content (AvgIpc) is 2.73. The predicted octanol–water partition coefficient (Wildman–Crippen LogP) is 6.89. The molecule has 0 atom stereocenters. The second kappa shape index (κ2) is 10.7. The Hall–Kier alpha value is -1.32. The number of nitrogens with one attached hydrogen (secondary N) is 1. The van der Waals surface area contributed by atoms with E-state index < -0.39 is 22.5 Å². The van der Waals surface area contributed by atoms with Crippen molar-refractivity contribution in [3.05, 3.63) is 90.8 Å². The van der Waals surface area contributed by atoms with E-state index in [4.69, 9.17) is 46.4 Å². The van der Waals surface area contributed by atoms with Crippen molar-refractivity contribution in [1.82, 2.24) is 4.31 Å². The summed E-state index contributed by atoms with van der Waals surface area (Å²) in [6.07, 6.45) is 0. The Kier molecular flexibility index (Phi) is 8.49. The molecule has 0 aliphatic heterocycles. The van der Waals surface area contributed by atoms with E-state index in [1.54, 1.807) is 48.5 Å². The van der Waals surface area contributed by atoms with Crippen LogP contribution in [0.5, 0.6) is 0 Å². The lowest BCUT2D eigenvalue weighted by Crippen LogP contribution is -2.37. The van der Waals surface area contributed by atoms with Crippen LogP contribution in [0.25, 0.3) is 0 Å². The van der Waals surface area contributed by atoms with Crippen molar-refractivity contribution in [2.24, 2.45) is 0 Å². The molecule has 0 bridgehead atoms. The van der Waals surface area contributed by atoms with Gasteiger partial charge < -0.3 is 5.32 Å². The number of rotatable bonds is 7. The van der Waals surface area contributed by atoms with Crippen LogP contribution in [0.1, 0.15) is 5.56 Å². The molecule has 0 aliphatic carbocycles. The maximum atomic E-state index is 13.3. The van der Waals surface area contributed by atoms with Gasteiger partial charge in [0.15, 0.2) is 0 Å². The highest BCUT2D eigenvalue weighted by atomic mass is 79.9. The first-order valence-corrected chi connectivity index (χ1v) is 12.8. The molecular weight excluding hydrogens is 582 g/mol. The Labute approximate surface area is 214 Å². The number of sulfonamides is 1. The quantitative estimate of drug-likeness (QED) is 0.323. The molecule has 3 aromatic carbocycles. The number of para-hydroxylation sites is 1. The van der Waals surface area contributed by atoms with Crippen molar-refractivity contribution in [2.45, 2.75) is 11.4 Å². The number of hydrogen-bond acceptors (Lipinski definition) is 3. The SMILES string of the molecule is O=C(CN(Cc1ccc(Cl)c(Cl)c1)S(=O)(=O)c1ccc(Br)cc1)Nc1c(Cl)cccc1Cl. The largest absolute Gasteiger partial charge is 0.322 e. The van der Waals surface area contributed by atoms with Crippen LogP contribution in [0.2, 0.25) is 20.1 Å². The van der Waals surface area contributed by atoms with Crippen LogP contribution >= 0.6 is 62.3 Å². The van der Waals surface area contributed by atoms with Gasteiger partial charge in [-0.15, -0.1) is 0 Å². The second-order valence-corrected chi connectivity index (χ2v) is 11.1. The van der Waals surface area contributed by atoms with Gasteiger partial charge in [0.05, 0.1) is 37.2 Å². The van der Waals surface area contributed by atoms with Crippen LogP contribution < -0.4 is 5.32 Å². The summed E-state index contributed by atoms with van der Waals surface area (Å²) in [5.41, 5.74) is 0.764. The molecule has 32 heavy (non-hydrogen) atoms. The van der Waals surface area contributed by atoms with Crippen molar-refractivity contribution < 1.29 is 13.2 Å². The second-order valence-electron chi connectivity index (χ2n) is 6.62. The highest BCUT2D eigenvalue weighted by Crippen LogP contribution is 2.30. The van der Waals surface area contributed by atoms with Gasteiger partial charge >= 0.3 is 0 Å². The molecule has 3 rings (SSSR count). The monoisotopic (exact) mass is 594 g/mol. The van der Waals surface area contributed by atoms with Gasteiger partial charge in [-0.25, -0.2) is 8.42 Å². The summed E-state index contributed by atoms with van der Waals surface area (Å²) in [6, 6.07) is 15.6. The molecule has 1 N–H and O–H groups in total. The standard InChI is InChI=1S/C21H15BrCl4N2O3S/c22-14-5-7-15(8-6-14)32(30,31)28(11-13-4-9-16(23)19(26)10-13)12-20(29)27-21-17(24)2-1-3-18(21)25/h1-10H,11-12H2,(H,27,29). The summed E-state index contributed by atoms with van der Waals surface area (Å²) in [5, 5.41) is 3.66. The van der Waals surface area contributed by atoms with E-state index in [1.807, 2.05) is 0 Å². The summed E-state index contributed by atoms with van der Waals surface area (Å²) in [4.78, 5) is 12.8. The van der Waals surface area contributed by atoms with Gasteiger partial charge in [-0.3, -0.25) is 4.79 Å². The Morgan fingerprint density at radius 2 is 1.50 bits per heavy atom. The van der Waals surface area contributed by atoms with Gasteiger partial charge in [-0.2, -0.15) is 4.31 Å². The zero-order valence-electron chi connectivity index (χ0n) is 16.2. The van der Waals surface area contributed by atoms with E-state index in [9.17, 15) is 13.2 Å². The topological polar surface area (TPSA) is 66.5 Å². The molecule has 5 nitrogen and oxygen atoms in total. The fourth-order valence-electron chi connectivity index (χ4n) is 2.78. The van der Waals surface area contributed by atoms with Crippen LogP contribution in [-0.2, 0) is 21.4 Å². The van der Waals surface area contributed by atoms with Gasteiger partial charge in [0, 0.05) is 11.0 Å². The number of hydrogen-bond donors (Lipinski definition) is 1. The van der Waals surface area contributed by atoms with Crippen LogP contribution in [-0.4, -0.2) is 25.2 Å². The van der Waals surface area contributed by atoms with Crippen molar-refractivity contribution >= 4 is 84.0 Å². The minimum absolute atomic E-state index is 0.0318. The molecule has 0 spiro atoms. The normalized spacial score (nSPS) is 11.6. The number of carbonyl (C=O) groups is 1. The van der Waals surface area contributed by atoms with Crippen LogP contribution in [0.15, 0.2) is 70.0 Å². The smallest absolute Gasteiger partial charge is 0.243 e. The molecule has 11 heteroatoms. The lowest BCUT2D eigenvalue weighted by Gasteiger charge is -2.22. The Balaban J connectivity index is 1.93. The zero-order chi connectivity index (χ0) is 23.5. The summed E-state index contributed by atoms with van der Waals surface area (Å²) in [6.45, 7) is -0.598. The Bertz CT molecular complexity index is 1230. The number of halogens is 5. The molecule has 3 aromatic rings. The van der Waals surface area contributed by atoms with Crippen molar-refractivity contribution in [2.75, 3.05) is 11.9 Å². The van der Waals surface area contributed by atoms with Gasteiger partial charge in [-0.1, -0.05) is 74.5 Å². The first kappa shape index (κ1) is 25.3. The molecule has 0 unspecified atom stereocenters. The number of benzene rings is 3. The molecule has 168 valence electrons. The number of anilines is 1. The zero-order valence-corrected chi connectivity index (χ0v) is 21.6. The summed E-state index contributed by atoms with van der Waals surface area (Å²) < 4.78 is 28.4. The highest BCUT2D eigenvalue weighted by molar-refractivity contribution is 9.10. The van der Waals surface area contributed by atoms with E-state index in [-0.39, 0.29) is 32.2 Å². The molecular formula is C21H15BrCl4N2O3S. The van der Waals surface area contributed by atoms with Crippen LogP contribution in [0, 0.1) is 0 Å². The number of nitrogens with zero attached hydrogens (tertiary/aromatic N) is 1. The van der Waals surface area contributed by atoms with Gasteiger partial charge in [0.1, 0.15) is 0 Å². The lowest BCUT2D eigenvalue weighted by atomic mass is 10.2. The molecule has 0 fully saturated rings. The minimum Gasteiger partial charge on any atom is -0.322 e. The summed E-state index contributed by atoms with van der Waals surface area (Å²) in [5.74, 6) is -0.610. The fraction of sp³-hybridized carbons (Fsp3) is 0.0952. The maximum Gasteiger partial charge on any atom is 0.243 e. The van der Waals surface area contributed by atoms with E-state index in [1.165, 1.54) is 12.1 Å². The third kappa shape index (κ3) is 6.17. The first-order chi connectivity index (χ1) is 15.1. The highest BCUT2D eigenvalue weighted by Gasteiger charge is 2.27. The van der Waals surface area contributed by atoms with Gasteiger partial charge in [0.25, 0.3) is 0 Å². The summed E-state index contributed by atoms with van der Waals surface area (Å²) in [7, 11) is -4.04. The van der Waals surface area contributed by atoms with Gasteiger partial charge in [-0.05, 0) is 54.1 Å². The molecule has 0 saturated heterocycles. The van der Waals surface area contributed by atoms with E-state index in [0.717, 1.165) is 8.78 Å². The molecule has 0 aromatic heterocycles. The third-order valence-electron chi connectivity index (χ3n) is 4.34. The molecule has 0 heterocycles. The Morgan fingerprint density at radius 3 is 2.09 bits per heavy atom. The van der Waals surface area contributed by atoms with Crippen molar-refractivity contribution in [3.63, 3.8) is 0 Å². The van der Waals surface area contributed by atoms with Crippen molar-refractivity contribution in [1.29, 1.82) is 0 Å². The molecule has 0 aliphatic rings. The molecule has 1 amide bonds. The predicted molar refractivity (Wildman–Crippen MR) is 133 cm³/mol.